The van der Waals surface area contributed by atoms with Crippen molar-refractivity contribution in [2.75, 3.05) is 62.7 Å². The normalized spacial score (nSPS) is 19.3. The van der Waals surface area contributed by atoms with E-state index in [9.17, 15) is 0 Å². The number of morpholine rings is 1. The van der Waals surface area contributed by atoms with Crippen LogP contribution in [0.5, 0.6) is 0 Å². The number of anilines is 2. The van der Waals surface area contributed by atoms with Gasteiger partial charge in [0, 0.05) is 44.7 Å². The first kappa shape index (κ1) is 16.5. The standard InChI is InChI=1S/C19H27N5O/c1-4-9-24(10-5-1)18-16-6-2-3-7-17(16)21-19(22-18)20-8-11-23-12-14-25-15-13-23/h2-3,6-7H,1,4-5,8-15H2,(H,20,21,22). The van der Waals surface area contributed by atoms with E-state index in [1.165, 1.54) is 19.3 Å². The monoisotopic (exact) mass is 341 g/mol. The van der Waals surface area contributed by atoms with E-state index in [2.05, 4.69) is 33.3 Å². The van der Waals surface area contributed by atoms with Gasteiger partial charge in [0.15, 0.2) is 0 Å². The lowest BCUT2D eigenvalue weighted by Crippen LogP contribution is -2.39. The van der Waals surface area contributed by atoms with Crippen molar-refractivity contribution in [1.82, 2.24) is 14.9 Å². The first-order chi connectivity index (χ1) is 12.4. The molecule has 0 spiro atoms. The van der Waals surface area contributed by atoms with Crippen LogP contribution in [-0.2, 0) is 4.74 Å². The summed E-state index contributed by atoms with van der Waals surface area (Å²) in [6, 6.07) is 8.34. The van der Waals surface area contributed by atoms with Crippen molar-refractivity contribution in [3.05, 3.63) is 24.3 Å². The van der Waals surface area contributed by atoms with Crippen LogP contribution in [0.3, 0.4) is 0 Å². The highest BCUT2D eigenvalue weighted by atomic mass is 16.5. The molecule has 2 aliphatic heterocycles. The van der Waals surface area contributed by atoms with Crippen LogP contribution in [0.25, 0.3) is 10.9 Å². The van der Waals surface area contributed by atoms with Gasteiger partial charge in [-0.2, -0.15) is 4.98 Å². The van der Waals surface area contributed by atoms with E-state index in [1.54, 1.807) is 0 Å². The van der Waals surface area contributed by atoms with Gasteiger partial charge in [0.05, 0.1) is 18.7 Å². The molecule has 0 bridgehead atoms. The predicted octanol–water partition coefficient (Wildman–Crippen LogP) is 2.36. The molecule has 2 saturated heterocycles. The van der Waals surface area contributed by atoms with Gasteiger partial charge in [-0.3, -0.25) is 4.90 Å². The second-order valence-corrected chi connectivity index (χ2v) is 6.82. The molecular formula is C19H27N5O. The Bertz CT molecular complexity index is 695. The Balaban J connectivity index is 1.50. The number of hydrogen-bond donors (Lipinski definition) is 1. The zero-order valence-corrected chi connectivity index (χ0v) is 14.8. The van der Waals surface area contributed by atoms with Crippen molar-refractivity contribution in [1.29, 1.82) is 0 Å². The summed E-state index contributed by atoms with van der Waals surface area (Å²) in [5.74, 6) is 1.83. The quantitative estimate of drug-likeness (QED) is 0.901. The van der Waals surface area contributed by atoms with Gasteiger partial charge in [-0.05, 0) is 31.4 Å². The Labute approximate surface area is 149 Å². The third kappa shape index (κ3) is 4.02. The van der Waals surface area contributed by atoms with Crippen LogP contribution >= 0.6 is 0 Å². The molecule has 6 heteroatoms. The van der Waals surface area contributed by atoms with Gasteiger partial charge >= 0.3 is 0 Å². The molecule has 2 aliphatic rings. The van der Waals surface area contributed by atoms with Gasteiger partial charge in [0.2, 0.25) is 5.95 Å². The lowest BCUT2D eigenvalue weighted by Gasteiger charge is -2.29. The Morgan fingerprint density at radius 2 is 1.76 bits per heavy atom. The lowest BCUT2D eigenvalue weighted by atomic mass is 10.1. The number of fused-ring (bicyclic) bond motifs is 1. The van der Waals surface area contributed by atoms with Crippen molar-refractivity contribution in [2.45, 2.75) is 19.3 Å². The topological polar surface area (TPSA) is 53.5 Å². The highest BCUT2D eigenvalue weighted by Crippen LogP contribution is 2.27. The summed E-state index contributed by atoms with van der Waals surface area (Å²) in [5.41, 5.74) is 1.02. The fourth-order valence-corrected chi connectivity index (χ4v) is 3.64. The zero-order chi connectivity index (χ0) is 16.9. The maximum absolute atomic E-state index is 5.40. The summed E-state index contributed by atoms with van der Waals surface area (Å²) in [4.78, 5) is 14.4. The number of aromatic nitrogens is 2. The molecule has 6 nitrogen and oxygen atoms in total. The number of para-hydroxylation sites is 1. The van der Waals surface area contributed by atoms with Gasteiger partial charge in [0.1, 0.15) is 5.82 Å². The SMILES string of the molecule is c1ccc2c(N3CCCCC3)nc(NCCN3CCOCC3)nc2c1. The van der Waals surface area contributed by atoms with Crippen LogP contribution in [0.15, 0.2) is 24.3 Å². The molecule has 1 aromatic heterocycles. The number of ether oxygens (including phenoxy) is 1. The van der Waals surface area contributed by atoms with E-state index < -0.39 is 0 Å². The van der Waals surface area contributed by atoms with Gasteiger partial charge < -0.3 is 15.0 Å². The number of nitrogens with zero attached hydrogens (tertiary/aromatic N) is 4. The third-order valence-corrected chi connectivity index (χ3v) is 5.05. The second-order valence-electron chi connectivity index (χ2n) is 6.82. The molecule has 0 aliphatic carbocycles. The number of piperidine rings is 1. The third-order valence-electron chi connectivity index (χ3n) is 5.05. The Morgan fingerprint density at radius 3 is 2.60 bits per heavy atom. The maximum Gasteiger partial charge on any atom is 0.225 e. The molecule has 0 radical (unpaired) electrons. The van der Waals surface area contributed by atoms with Crippen LogP contribution in [0.2, 0.25) is 0 Å². The lowest BCUT2D eigenvalue weighted by molar-refractivity contribution is 0.0398. The summed E-state index contributed by atoms with van der Waals surface area (Å²) in [7, 11) is 0. The average Bonchev–Trinajstić information content (AvgIpc) is 2.69. The first-order valence-corrected chi connectivity index (χ1v) is 9.46. The van der Waals surface area contributed by atoms with Crippen molar-refractivity contribution >= 4 is 22.7 Å². The van der Waals surface area contributed by atoms with Crippen LogP contribution < -0.4 is 10.2 Å². The molecule has 3 heterocycles. The van der Waals surface area contributed by atoms with E-state index >= 15 is 0 Å². The molecule has 1 N–H and O–H groups in total. The predicted molar refractivity (Wildman–Crippen MR) is 101 cm³/mol. The van der Waals surface area contributed by atoms with E-state index in [1.807, 2.05) is 6.07 Å². The Kier molecular flexibility index (Phi) is 5.28. The van der Waals surface area contributed by atoms with Crippen LogP contribution in [0, 0.1) is 0 Å². The minimum Gasteiger partial charge on any atom is -0.379 e. The van der Waals surface area contributed by atoms with Gasteiger partial charge in [0.25, 0.3) is 0 Å². The van der Waals surface area contributed by atoms with Gasteiger partial charge in [-0.25, -0.2) is 4.98 Å². The molecule has 4 rings (SSSR count). The smallest absolute Gasteiger partial charge is 0.225 e. The minimum absolute atomic E-state index is 0.743. The highest BCUT2D eigenvalue weighted by molar-refractivity contribution is 5.90. The van der Waals surface area contributed by atoms with Gasteiger partial charge in [-0.1, -0.05) is 12.1 Å². The van der Waals surface area contributed by atoms with E-state index in [4.69, 9.17) is 14.7 Å². The molecule has 0 unspecified atom stereocenters. The van der Waals surface area contributed by atoms with Crippen molar-refractivity contribution < 1.29 is 4.74 Å². The molecule has 2 fully saturated rings. The highest BCUT2D eigenvalue weighted by Gasteiger charge is 2.17. The van der Waals surface area contributed by atoms with E-state index in [0.717, 1.165) is 75.2 Å². The summed E-state index contributed by atoms with van der Waals surface area (Å²) >= 11 is 0. The number of benzene rings is 1. The number of nitrogens with one attached hydrogen (secondary N) is 1. The summed E-state index contributed by atoms with van der Waals surface area (Å²) < 4.78 is 5.40. The molecule has 2 aromatic rings. The summed E-state index contributed by atoms with van der Waals surface area (Å²) in [5, 5.41) is 4.59. The van der Waals surface area contributed by atoms with Crippen molar-refractivity contribution in [2.24, 2.45) is 0 Å². The van der Waals surface area contributed by atoms with Crippen LogP contribution in [0.4, 0.5) is 11.8 Å². The molecule has 1 aromatic carbocycles. The second kappa shape index (κ2) is 7.97. The molecule has 0 atom stereocenters. The van der Waals surface area contributed by atoms with E-state index in [-0.39, 0.29) is 0 Å². The Hall–Kier alpha value is -1.92. The average molecular weight is 341 g/mol. The number of hydrogen-bond acceptors (Lipinski definition) is 6. The van der Waals surface area contributed by atoms with Crippen LogP contribution in [-0.4, -0.2) is 67.4 Å². The maximum atomic E-state index is 5.40. The zero-order valence-electron chi connectivity index (χ0n) is 14.8. The largest absolute Gasteiger partial charge is 0.379 e. The first-order valence-electron chi connectivity index (χ1n) is 9.46. The molecule has 25 heavy (non-hydrogen) atoms. The fourth-order valence-electron chi connectivity index (χ4n) is 3.64. The van der Waals surface area contributed by atoms with Gasteiger partial charge in [-0.15, -0.1) is 0 Å². The van der Waals surface area contributed by atoms with Crippen molar-refractivity contribution in [3.63, 3.8) is 0 Å². The number of rotatable bonds is 5. The van der Waals surface area contributed by atoms with E-state index in [0.29, 0.717) is 0 Å². The summed E-state index contributed by atoms with van der Waals surface area (Å²) in [6.45, 7) is 7.74. The fraction of sp³-hybridized carbons (Fsp3) is 0.579. The molecule has 134 valence electrons. The summed E-state index contributed by atoms with van der Waals surface area (Å²) in [6.07, 6.45) is 3.82. The van der Waals surface area contributed by atoms with Crippen molar-refractivity contribution in [3.8, 4) is 0 Å². The minimum atomic E-state index is 0.743. The molecule has 0 amide bonds. The van der Waals surface area contributed by atoms with Crippen LogP contribution in [0.1, 0.15) is 19.3 Å². The molecular weight excluding hydrogens is 314 g/mol. The Morgan fingerprint density at radius 1 is 0.960 bits per heavy atom. The molecule has 0 saturated carbocycles.